The van der Waals surface area contributed by atoms with Gasteiger partial charge in [-0.2, -0.15) is 0 Å². The van der Waals surface area contributed by atoms with Crippen LogP contribution in [0.5, 0.6) is 0 Å². The molecule has 2 saturated heterocycles. The molecule has 0 radical (unpaired) electrons. The zero-order chi connectivity index (χ0) is 19.5. The van der Waals surface area contributed by atoms with Crippen molar-refractivity contribution < 1.29 is 4.74 Å². The fourth-order valence-electron chi connectivity index (χ4n) is 4.41. The highest BCUT2D eigenvalue weighted by Crippen LogP contribution is 2.29. The number of hydrogen-bond donors (Lipinski definition) is 1. The first-order valence-corrected chi connectivity index (χ1v) is 11.5. The van der Waals surface area contributed by atoms with Gasteiger partial charge in [-0.1, -0.05) is 6.07 Å². The van der Waals surface area contributed by atoms with E-state index in [2.05, 4.69) is 26.6 Å². The third-order valence-corrected chi connectivity index (χ3v) is 6.94. The van der Waals surface area contributed by atoms with E-state index in [1.807, 2.05) is 18.2 Å². The van der Waals surface area contributed by atoms with Crippen molar-refractivity contribution in [3.05, 3.63) is 35.8 Å². The van der Waals surface area contributed by atoms with Gasteiger partial charge in [0.25, 0.3) is 0 Å². The van der Waals surface area contributed by atoms with Crippen LogP contribution in [0.25, 0.3) is 21.7 Å². The number of piperidine rings is 1. The lowest BCUT2D eigenvalue weighted by Gasteiger charge is -2.39. The molecular formula is C22H27N5OS. The monoisotopic (exact) mass is 409 g/mol. The van der Waals surface area contributed by atoms with Gasteiger partial charge in [-0.05, 0) is 68.3 Å². The highest BCUT2D eigenvalue weighted by molar-refractivity contribution is 7.16. The van der Waals surface area contributed by atoms with Crippen LogP contribution in [0, 0.1) is 5.92 Å². The van der Waals surface area contributed by atoms with E-state index in [1.165, 1.54) is 38.8 Å². The van der Waals surface area contributed by atoms with Crippen LogP contribution < -0.4 is 5.32 Å². The van der Waals surface area contributed by atoms with E-state index in [0.29, 0.717) is 11.7 Å². The van der Waals surface area contributed by atoms with Crippen molar-refractivity contribution in [2.24, 2.45) is 5.92 Å². The van der Waals surface area contributed by atoms with Gasteiger partial charge in [0.1, 0.15) is 16.3 Å². The summed E-state index contributed by atoms with van der Waals surface area (Å²) in [5, 5.41) is 6.83. The van der Waals surface area contributed by atoms with Crippen LogP contribution >= 0.6 is 11.3 Å². The number of nitrogens with one attached hydrogen (secondary N) is 1. The molecule has 7 heteroatoms. The topological polar surface area (TPSA) is 63.2 Å². The maximum Gasteiger partial charge on any atom is 0.181 e. The molecule has 5 rings (SSSR count). The second-order valence-electron chi connectivity index (χ2n) is 7.95. The number of fused-ring (bicyclic) bond motifs is 1. The number of thiophene rings is 1. The van der Waals surface area contributed by atoms with E-state index in [-0.39, 0.29) is 0 Å². The zero-order valence-electron chi connectivity index (χ0n) is 16.6. The highest BCUT2D eigenvalue weighted by atomic mass is 32.1. The van der Waals surface area contributed by atoms with Crippen molar-refractivity contribution in [2.45, 2.75) is 31.7 Å². The van der Waals surface area contributed by atoms with Crippen molar-refractivity contribution in [1.29, 1.82) is 0 Å². The number of pyridine rings is 1. The summed E-state index contributed by atoms with van der Waals surface area (Å²) in [7, 11) is 0. The molecule has 0 bridgehead atoms. The van der Waals surface area contributed by atoms with Crippen molar-refractivity contribution >= 4 is 27.4 Å². The summed E-state index contributed by atoms with van der Waals surface area (Å²) >= 11 is 1.65. The van der Waals surface area contributed by atoms with Crippen LogP contribution in [-0.4, -0.2) is 58.7 Å². The molecule has 0 amide bonds. The third-order valence-electron chi connectivity index (χ3n) is 6.13. The molecule has 2 fully saturated rings. The second-order valence-corrected chi connectivity index (χ2v) is 8.85. The van der Waals surface area contributed by atoms with Gasteiger partial charge < -0.3 is 15.0 Å². The Kier molecular flexibility index (Phi) is 5.69. The molecular weight excluding hydrogens is 382 g/mol. The van der Waals surface area contributed by atoms with Crippen LogP contribution in [0.2, 0.25) is 0 Å². The van der Waals surface area contributed by atoms with E-state index in [4.69, 9.17) is 14.7 Å². The first kappa shape index (κ1) is 18.9. The van der Waals surface area contributed by atoms with Gasteiger partial charge in [0.05, 0.1) is 5.39 Å². The Bertz CT molecular complexity index is 933. The molecule has 1 N–H and O–H groups in total. The van der Waals surface area contributed by atoms with Crippen LogP contribution in [0.15, 0.2) is 35.8 Å². The summed E-state index contributed by atoms with van der Waals surface area (Å²) in [6.07, 6.45) is 6.66. The molecule has 2 aliphatic rings. The summed E-state index contributed by atoms with van der Waals surface area (Å²) in [5.41, 5.74) is 0.815. The van der Waals surface area contributed by atoms with Gasteiger partial charge in [0, 0.05) is 32.0 Å². The molecule has 0 aromatic carbocycles. The van der Waals surface area contributed by atoms with Crippen molar-refractivity contribution in [1.82, 2.24) is 19.9 Å². The predicted octanol–water partition coefficient (Wildman–Crippen LogP) is 4.06. The third kappa shape index (κ3) is 4.27. The Balaban J connectivity index is 1.25. The quantitative estimate of drug-likeness (QED) is 0.686. The minimum atomic E-state index is 0.688. The molecule has 3 aromatic heterocycles. The molecule has 5 heterocycles. The average molecular weight is 410 g/mol. The van der Waals surface area contributed by atoms with Crippen LogP contribution in [0.1, 0.15) is 25.7 Å². The summed E-state index contributed by atoms with van der Waals surface area (Å²) in [5.74, 6) is 2.31. The molecule has 0 spiro atoms. The van der Waals surface area contributed by atoms with Crippen LogP contribution in [0.3, 0.4) is 0 Å². The molecule has 3 aromatic rings. The van der Waals surface area contributed by atoms with Crippen LogP contribution in [0.4, 0.5) is 5.82 Å². The molecule has 0 aliphatic carbocycles. The standard InChI is InChI=1S/C22H27N5OS/c1-2-9-23-19(3-1)21-25-20(18-8-14-29-22(18)26-21)24-15-16-4-10-27(11-5-16)17-6-12-28-13-7-17/h1-3,8-9,14,16-17H,4-7,10-13,15H2,(H,24,25,26). The van der Waals surface area contributed by atoms with E-state index in [0.717, 1.165) is 47.5 Å². The number of ether oxygens (including phenoxy) is 1. The maximum atomic E-state index is 5.52. The van der Waals surface area contributed by atoms with Gasteiger partial charge in [0.15, 0.2) is 5.82 Å². The lowest BCUT2D eigenvalue weighted by molar-refractivity contribution is 0.0219. The van der Waals surface area contributed by atoms with E-state index < -0.39 is 0 Å². The molecule has 6 nitrogen and oxygen atoms in total. The van der Waals surface area contributed by atoms with Gasteiger partial charge in [0.2, 0.25) is 0 Å². The lowest BCUT2D eigenvalue weighted by Crippen LogP contribution is -2.44. The minimum absolute atomic E-state index is 0.688. The molecule has 0 unspecified atom stereocenters. The van der Waals surface area contributed by atoms with Crippen LogP contribution in [-0.2, 0) is 4.74 Å². The van der Waals surface area contributed by atoms with Gasteiger partial charge in [-0.3, -0.25) is 4.98 Å². The highest BCUT2D eigenvalue weighted by Gasteiger charge is 2.26. The Morgan fingerprint density at radius 3 is 2.72 bits per heavy atom. The van der Waals surface area contributed by atoms with Crippen molar-refractivity contribution in [3.63, 3.8) is 0 Å². The molecule has 0 atom stereocenters. The number of rotatable bonds is 5. The van der Waals surface area contributed by atoms with E-state index >= 15 is 0 Å². The first-order chi connectivity index (χ1) is 14.4. The lowest BCUT2D eigenvalue weighted by atomic mass is 9.94. The fourth-order valence-corrected chi connectivity index (χ4v) is 5.18. The Morgan fingerprint density at radius 2 is 1.93 bits per heavy atom. The number of aromatic nitrogens is 3. The zero-order valence-corrected chi connectivity index (χ0v) is 17.4. The average Bonchev–Trinajstić information content (AvgIpc) is 3.28. The van der Waals surface area contributed by atoms with Gasteiger partial charge in [-0.15, -0.1) is 11.3 Å². The Labute approximate surface area is 175 Å². The largest absolute Gasteiger partial charge is 0.381 e. The van der Waals surface area contributed by atoms with Gasteiger partial charge in [-0.25, -0.2) is 9.97 Å². The van der Waals surface area contributed by atoms with E-state index in [9.17, 15) is 0 Å². The molecule has 0 saturated carbocycles. The molecule has 2 aliphatic heterocycles. The Morgan fingerprint density at radius 1 is 1.07 bits per heavy atom. The van der Waals surface area contributed by atoms with Crippen molar-refractivity contribution in [2.75, 3.05) is 38.2 Å². The van der Waals surface area contributed by atoms with Gasteiger partial charge >= 0.3 is 0 Å². The molecule has 152 valence electrons. The summed E-state index contributed by atoms with van der Waals surface area (Å²) < 4.78 is 5.52. The molecule has 29 heavy (non-hydrogen) atoms. The first-order valence-electron chi connectivity index (χ1n) is 10.6. The fraction of sp³-hybridized carbons (Fsp3) is 0.500. The summed E-state index contributed by atoms with van der Waals surface area (Å²) in [4.78, 5) is 17.6. The second kappa shape index (κ2) is 8.73. The maximum absolute atomic E-state index is 5.52. The summed E-state index contributed by atoms with van der Waals surface area (Å²) in [6.45, 7) is 5.22. The number of likely N-dealkylation sites (tertiary alicyclic amines) is 1. The van der Waals surface area contributed by atoms with E-state index in [1.54, 1.807) is 17.5 Å². The predicted molar refractivity (Wildman–Crippen MR) is 117 cm³/mol. The Hall–Kier alpha value is -2.09. The number of nitrogens with zero attached hydrogens (tertiary/aromatic N) is 4. The smallest absolute Gasteiger partial charge is 0.181 e. The van der Waals surface area contributed by atoms with Crippen molar-refractivity contribution in [3.8, 4) is 11.5 Å². The normalized spacial score (nSPS) is 19.6. The summed E-state index contributed by atoms with van der Waals surface area (Å²) in [6, 6.07) is 8.69. The minimum Gasteiger partial charge on any atom is -0.381 e. The SMILES string of the molecule is c1ccc(-c2nc(NCC3CCN(C4CCOCC4)CC3)c3ccsc3n2)nc1. The number of anilines is 1. The number of hydrogen-bond acceptors (Lipinski definition) is 7.